The number of aliphatic hydroxyl groups is 1. The molecule has 0 aliphatic heterocycles. The van der Waals surface area contributed by atoms with E-state index in [4.69, 9.17) is 15.6 Å². The van der Waals surface area contributed by atoms with Crippen LogP contribution in [0.4, 0.5) is 11.4 Å². The highest BCUT2D eigenvalue weighted by Gasteiger charge is 2.01. The molecule has 0 atom stereocenters. The second kappa shape index (κ2) is 6.00. The minimum Gasteiger partial charge on any atom is -0.399 e. The van der Waals surface area contributed by atoms with Crippen LogP contribution >= 0.6 is 0 Å². The van der Waals surface area contributed by atoms with Crippen molar-refractivity contribution in [3.8, 4) is 0 Å². The Morgan fingerprint density at radius 3 is 3.00 bits per heavy atom. The molecular weight excluding hydrogens is 196 g/mol. The molecule has 1 aromatic carbocycles. The zero-order valence-corrected chi connectivity index (χ0v) is 8.27. The lowest BCUT2D eigenvalue weighted by molar-refractivity contribution is -0.120. The molecule has 82 valence electrons. The molecule has 5 nitrogen and oxygen atoms in total. The number of hydrogen-bond donors (Lipinski definition) is 3. The van der Waals surface area contributed by atoms with Gasteiger partial charge in [-0.1, -0.05) is 6.07 Å². The van der Waals surface area contributed by atoms with E-state index < -0.39 is 0 Å². The maximum atomic E-state index is 11.2. The Hall–Kier alpha value is -1.59. The van der Waals surface area contributed by atoms with Crippen LogP contribution in [0, 0.1) is 0 Å². The third-order valence-corrected chi connectivity index (χ3v) is 1.64. The zero-order chi connectivity index (χ0) is 11.1. The molecule has 5 heteroatoms. The number of hydrogen-bond acceptors (Lipinski definition) is 4. The molecule has 0 aromatic heterocycles. The molecular formula is C10H14N2O3. The number of amides is 1. The highest BCUT2D eigenvalue weighted by molar-refractivity contribution is 5.92. The summed E-state index contributed by atoms with van der Waals surface area (Å²) in [7, 11) is 0. The van der Waals surface area contributed by atoms with Crippen molar-refractivity contribution in [2.75, 3.05) is 30.9 Å². The number of benzene rings is 1. The molecule has 0 bridgehead atoms. The molecule has 1 amide bonds. The smallest absolute Gasteiger partial charge is 0.250 e. The van der Waals surface area contributed by atoms with E-state index in [1.165, 1.54) is 0 Å². The Kier molecular flexibility index (Phi) is 4.59. The van der Waals surface area contributed by atoms with E-state index in [0.717, 1.165) is 0 Å². The van der Waals surface area contributed by atoms with Crippen molar-refractivity contribution in [3.63, 3.8) is 0 Å². The van der Waals surface area contributed by atoms with Gasteiger partial charge in [-0.05, 0) is 18.2 Å². The fourth-order valence-electron chi connectivity index (χ4n) is 1.04. The Morgan fingerprint density at radius 2 is 2.33 bits per heavy atom. The van der Waals surface area contributed by atoms with E-state index in [2.05, 4.69) is 5.32 Å². The van der Waals surface area contributed by atoms with Crippen LogP contribution in [0.15, 0.2) is 24.3 Å². The average molecular weight is 210 g/mol. The van der Waals surface area contributed by atoms with Crippen LogP contribution in [0.5, 0.6) is 0 Å². The summed E-state index contributed by atoms with van der Waals surface area (Å²) < 4.78 is 4.85. The quantitative estimate of drug-likeness (QED) is 0.479. The van der Waals surface area contributed by atoms with Crippen molar-refractivity contribution in [2.45, 2.75) is 0 Å². The van der Waals surface area contributed by atoms with Gasteiger partial charge in [-0.15, -0.1) is 0 Å². The lowest BCUT2D eigenvalue weighted by Crippen LogP contribution is -2.19. The SMILES string of the molecule is Nc1cccc(NC(=O)COCCO)c1. The Balaban J connectivity index is 2.37. The molecule has 4 N–H and O–H groups in total. The number of nitrogens with one attached hydrogen (secondary N) is 1. The standard InChI is InChI=1S/C10H14N2O3/c11-8-2-1-3-9(6-8)12-10(14)7-15-5-4-13/h1-3,6,13H,4-5,7,11H2,(H,12,14). The number of anilines is 2. The molecule has 0 saturated heterocycles. The minimum atomic E-state index is -0.269. The first-order valence-corrected chi connectivity index (χ1v) is 4.56. The summed E-state index contributed by atoms with van der Waals surface area (Å²) in [4.78, 5) is 11.2. The largest absolute Gasteiger partial charge is 0.399 e. The van der Waals surface area contributed by atoms with Crippen LogP contribution in [0.2, 0.25) is 0 Å². The lowest BCUT2D eigenvalue weighted by Gasteiger charge is -2.05. The van der Waals surface area contributed by atoms with Crippen LogP contribution in [0.25, 0.3) is 0 Å². The highest BCUT2D eigenvalue weighted by atomic mass is 16.5. The second-order valence-electron chi connectivity index (χ2n) is 2.95. The van der Waals surface area contributed by atoms with E-state index in [9.17, 15) is 4.79 Å². The molecule has 0 spiro atoms. The van der Waals surface area contributed by atoms with Crippen molar-refractivity contribution in [1.29, 1.82) is 0 Å². The van der Waals surface area contributed by atoms with Crippen LogP contribution < -0.4 is 11.1 Å². The highest BCUT2D eigenvalue weighted by Crippen LogP contribution is 2.11. The second-order valence-corrected chi connectivity index (χ2v) is 2.95. The lowest BCUT2D eigenvalue weighted by atomic mass is 10.3. The van der Waals surface area contributed by atoms with Crippen molar-refractivity contribution < 1.29 is 14.6 Å². The summed E-state index contributed by atoms with van der Waals surface area (Å²) >= 11 is 0. The molecule has 0 aliphatic rings. The van der Waals surface area contributed by atoms with Crippen molar-refractivity contribution in [1.82, 2.24) is 0 Å². The predicted octanol–water partition coefficient (Wildman–Crippen LogP) is 0.216. The third kappa shape index (κ3) is 4.44. The molecule has 1 rings (SSSR count). The molecule has 0 unspecified atom stereocenters. The summed E-state index contributed by atoms with van der Waals surface area (Å²) in [5.41, 5.74) is 6.76. The van der Waals surface area contributed by atoms with E-state index in [1.54, 1.807) is 24.3 Å². The van der Waals surface area contributed by atoms with Crippen LogP contribution in [0.1, 0.15) is 0 Å². The van der Waals surface area contributed by atoms with Crippen molar-refractivity contribution in [2.24, 2.45) is 0 Å². The third-order valence-electron chi connectivity index (χ3n) is 1.64. The number of carbonyl (C=O) groups is 1. The van der Waals surface area contributed by atoms with Gasteiger partial charge in [-0.2, -0.15) is 0 Å². The fraction of sp³-hybridized carbons (Fsp3) is 0.300. The maximum Gasteiger partial charge on any atom is 0.250 e. The van der Waals surface area contributed by atoms with Crippen LogP contribution in [-0.2, 0) is 9.53 Å². The van der Waals surface area contributed by atoms with E-state index in [-0.39, 0.29) is 25.7 Å². The Morgan fingerprint density at radius 1 is 1.53 bits per heavy atom. The van der Waals surface area contributed by atoms with Crippen LogP contribution in [0.3, 0.4) is 0 Å². The predicted molar refractivity (Wildman–Crippen MR) is 57.4 cm³/mol. The first-order valence-electron chi connectivity index (χ1n) is 4.56. The number of aliphatic hydroxyl groups excluding tert-OH is 1. The number of carbonyl (C=O) groups excluding carboxylic acids is 1. The summed E-state index contributed by atoms with van der Waals surface area (Å²) in [5, 5.41) is 11.0. The maximum absolute atomic E-state index is 11.2. The monoisotopic (exact) mass is 210 g/mol. The van der Waals surface area contributed by atoms with Gasteiger partial charge in [0.15, 0.2) is 0 Å². The van der Waals surface area contributed by atoms with Gasteiger partial charge in [0.2, 0.25) is 5.91 Å². The van der Waals surface area contributed by atoms with Crippen molar-refractivity contribution >= 4 is 17.3 Å². The minimum absolute atomic E-state index is 0.0740. The summed E-state index contributed by atoms with van der Waals surface area (Å²) in [5.74, 6) is -0.269. The van der Waals surface area contributed by atoms with Crippen LogP contribution in [-0.4, -0.2) is 30.8 Å². The number of rotatable bonds is 5. The zero-order valence-electron chi connectivity index (χ0n) is 8.27. The van der Waals surface area contributed by atoms with Gasteiger partial charge in [0.25, 0.3) is 0 Å². The topological polar surface area (TPSA) is 84.6 Å². The molecule has 15 heavy (non-hydrogen) atoms. The van der Waals surface area contributed by atoms with E-state index in [1.807, 2.05) is 0 Å². The van der Waals surface area contributed by atoms with E-state index >= 15 is 0 Å². The average Bonchev–Trinajstić information content (AvgIpc) is 2.18. The normalized spacial score (nSPS) is 9.93. The Bertz CT molecular complexity index is 328. The molecule has 0 radical (unpaired) electrons. The first kappa shape index (κ1) is 11.5. The molecule has 0 fully saturated rings. The number of nitrogens with two attached hydrogens (primary N) is 1. The van der Waals surface area contributed by atoms with Gasteiger partial charge in [-0.3, -0.25) is 4.79 Å². The molecule has 0 heterocycles. The van der Waals surface area contributed by atoms with Gasteiger partial charge in [0.05, 0.1) is 13.2 Å². The van der Waals surface area contributed by atoms with Gasteiger partial charge < -0.3 is 20.9 Å². The fourth-order valence-corrected chi connectivity index (χ4v) is 1.04. The number of ether oxygens (including phenoxy) is 1. The van der Waals surface area contributed by atoms with Gasteiger partial charge in [-0.25, -0.2) is 0 Å². The van der Waals surface area contributed by atoms with Gasteiger partial charge in [0, 0.05) is 11.4 Å². The van der Waals surface area contributed by atoms with Crippen molar-refractivity contribution in [3.05, 3.63) is 24.3 Å². The van der Waals surface area contributed by atoms with Gasteiger partial charge >= 0.3 is 0 Å². The first-order chi connectivity index (χ1) is 7.22. The van der Waals surface area contributed by atoms with E-state index in [0.29, 0.717) is 11.4 Å². The molecule has 1 aromatic rings. The number of nitrogen functional groups attached to an aromatic ring is 1. The molecule has 0 aliphatic carbocycles. The summed E-state index contributed by atoms with van der Waals surface area (Å²) in [6.07, 6.45) is 0. The Labute approximate surface area is 87.9 Å². The van der Waals surface area contributed by atoms with Gasteiger partial charge in [0.1, 0.15) is 6.61 Å². The summed E-state index contributed by atoms with van der Waals surface area (Å²) in [6, 6.07) is 6.88. The molecule has 0 saturated carbocycles. The summed E-state index contributed by atoms with van der Waals surface area (Å²) in [6.45, 7) is -0.00866.